The summed E-state index contributed by atoms with van der Waals surface area (Å²) in [6.07, 6.45) is 7.54. The molecule has 0 unspecified atom stereocenters. The number of hydrogen-bond donors (Lipinski definition) is 0. The third-order valence-electron chi connectivity index (χ3n) is 3.55. The molecule has 0 aliphatic heterocycles. The molecule has 1 aliphatic rings. The highest BCUT2D eigenvalue weighted by molar-refractivity contribution is 9.09. The molecule has 15 heavy (non-hydrogen) atoms. The molecule has 0 radical (unpaired) electrons. The average Bonchev–Trinajstić information content (AvgIpc) is 2.15. The normalized spacial score (nSPS) is 22.1. The molecule has 0 aromatic carbocycles. The third kappa shape index (κ3) is 3.48. The molecule has 1 heteroatoms. The lowest BCUT2D eigenvalue weighted by atomic mass is 9.71. The fourth-order valence-corrected chi connectivity index (χ4v) is 2.69. The van der Waals surface area contributed by atoms with Gasteiger partial charge in [0.15, 0.2) is 0 Å². The van der Waals surface area contributed by atoms with Gasteiger partial charge >= 0.3 is 0 Å². The zero-order chi connectivity index (χ0) is 11.5. The number of rotatable bonds is 3. The van der Waals surface area contributed by atoms with E-state index in [-0.39, 0.29) is 0 Å². The molecule has 0 saturated carbocycles. The summed E-state index contributed by atoms with van der Waals surface area (Å²) in [5.74, 6) is 0. The quantitative estimate of drug-likeness (QED) is 0.486. The minimum absolute atomic E-state index is 0.422. The smallest absolute Gasteiger partial charge is 0.0239 e. The van der Waals surface area contributed by atoms with Gasteiger partial charge in [0, 0.05) is 5.33 Å². The maximum Gasteiger partial charge on any atom is 0.0239 e. The van der Waals surface area contributed by atoms with Crippen LogP contribution < -0.4 is 0 Å². The van der Waals surface area contributed by atoms with Crippen molar-refractivity contribution < 1.29 is 0 Å². The van der Waals surface area contributed by atoms with E-state index in [9.17, 15) is 0 Å². The molecule has 0 N–H and O–H groups in total. The van der Waals surface area contributed by atoms with E-state index >= 15 is 0 Å². The van der Waals surface area contributed by atoms with E-state index in [1.54, 1.807) is 11.1 Å². The van der Waals surface area contributed by atoms with Crippen molar-refractivity contribution in [2.75, 3.05) is 5.33 Å². The van der Waals surface area contributed by atoms with Crippen LogP contribution in [0, 0.1) is 5.41 Å². The molecular formula is C14H23Br. The lowest BCUT2D eigenvalue weighted by Gasteiger charge is -2.34. The maximum atomic E-state index is 3.50. The summed E-state index contributed by atoms with van der Waals surface area (Å²) < 4.78 is 0. The van der Waals surface area contributed by atoms with Gasteiger partial charge in [0.25, 0.3) is 0 Å². The molecule has 0 bridgehead atoms. The standard InChI is InChI=1S/C14H23Br/c1-11(10-15)7-8-13-12(2)6-5-9-14(13,3)4/h7H,5-6,8-10H2,1-4H3/b11-7+. The van der Waals surface area contributed by atoms with Crippen LogP contribution in [0.15, 0.2) is 22.8 Å². The van der Waals surface area contributed by atoms with Crippen LogP contribution in [0.3, 0.4) is 0 Å². The molecular weight excluding hydrogens is 248 g/mol. The van der Waals surface area contributed by atoms with E-state index in [2.05, 4.69) is 49.7 Å². The van der Waals surface area contributed by atoms with E-state index in [0.717, 1.165) is 11.8 Å². The van der Waals surface area contributed by atoms with Crippen molar-refractivity contribution >= 4 is 15.9 Å². The molecule has 0 heterocycles. The predicted molar refractivity (Wildman–Crippen MR) is 72.5 cm³/mol. The summed E-state index contributed by atoms with van der Waals surface area (Å²) in [4.78, 5) is 0. The van der Waals surface area contributed by atoms with Gasteiger partial charge in [-0.05, 0) is 44.9 Å². The van der Waals surface area contributed by atoms with Gasteiger partial charge in [0.2, 0.25) is 0 Å². The Balaban J connectivity index is 2.81. The molecule has 1 aliphatic carbocycles. The Kier molecular flexibility index (Phi) is 4.64. The van der Waals surface area contributed by atoms with Crippen LogP contribution in [0.5, 0.6) is 0 Å². The summed E-state index contributed by atoms with van der Waals surface area (Å²) >= 11 is 3.50. The van der Waals surface area contributed by atoms with Gasteiger partial charge in [0.05, 0.1) is 0 Å². The second kappa shape index (κ2) is 5.34. The highest BCUT2D eigenvalue weighted by Crippen LogP contribution is 2.41. The third-order valence-corrected chi connectivity index (χ3v) is 4.44. The number of alkyl halides is 1. The van der Waals surface area contributed by atoms with Crippen LogP contribution >= 0.6 is 15.9 Å². The summed E-state index contributed by atoms with van der Waals surface area (Å²) in [6, 6.07) is 0. The molecule has 0 aromatic heterocycles. The van der Waals surface area contributed by atoms with Crippen LogP contribution in [0.1, 0.15) is 53.4 Å². The first-order chi connectivity index (χ1) is 6.97. The SMILES string of the molecule is CC1=C(C/C=C(\C)CBr)C(C)(C)CCC1. The van der Waals surface area contributed by atoms with Gasteiger partial charge in [-0.2, -0.15) is 0 Å². The van der Waals surface area contributed by atoms with Gasteiger partial charge in [-0.1, -0.05) is 52.6 Å². The number of halogens is 1. The molecule has 0 saturated heterocycles. The highest BCUT2D eigenvalue weighted by atomic mass is 79.9. The zero-order valence-electron chi connectivity index (χ0n) is 10.5. The maximum absolute atomic E-state index is 3.50. The predicted octanol–water partition coefficient (Wildman–Crippen LogP) is 5.24. The zero-order valence-corrected chi connectivity index (χ0v) is 12.1. The van der Waals surface area contributed by atoms with Crippen molar-refractivity contribution in [2.45, 2.75) is 53.4 Å². The van der Waals surface area contributed by atoms with Gasteiger partial charge in [-0.3, -0.25) is 0 Å². The Labute approximate surface area is 103 Å². The Morgan fingerprint density at radius 3 is 2.67 bits per heavy atom. The molecule has 0 nitrogen and oxygen atoms in total. The number of allylic oxidation sites excluding steroid dienone is 4. The first-order valence-corrected chi connectivity index (χ1v) is 7.00. The molecule has 0 amide bonds. The van der Waals surface area contributed by atoms with Crippen LogP contribution in [0.25, 0.3) is 0 Å². The summed E-state index contributed by atoms with van der Waals surface area (Å²) in [7, 11) is 0. The molecule has 86 valence electrons. The monoisotopic (exact) mass is 270 g/mol. The summed E-state index contributed by atoms with van der Waals surface area (Å²) in [6.45, 7) is 9.29. The average molecular weight is 271 g/mol. The lowest BCUT2D eigenvalue weighted by Crippen LogP contribution is -2.20. The van der Waals surface area contributed by atoms with Crippen molar-refractivity contribution in [1.29, 1.82) is 0 Å². The van der Waals surface area contributed by atoms with Gasteiger partial charge in [-0.25, -0.2) is 0 Å². The van der Waals surface area contributed by atoms with Gasteiger partial charge < -0.3 is 0 Å². The minimum Gasteiger partial charge on any atom is -0.0880 e. The highest BCUT2D eigenvalue weighted by Gasteiger charge is 2.27. The van der Waals surface area contributed by atoms with Crippen molar-refractivity contribution in [3.63, 3.8) is 0 Å². The molecule has 1 rings (SSSR count). The van der Waals surface area contributed by atoms with E-state index in [4.69, 9.17) is 0 Å². The van der Waals surface area contributed by atoms with E-state index in [1.165, 1.54) is 24.8 Å². The van der Waals surface area contributed by atoms with E-state index in [1.807, 2.05) is 0 Å². The number of hydrogen-bond acceptors (Lipinski definition) is 0. The summed E-state index contributed by atoms with van der Waals surface area (Å²) in [5, 5.41) is 1.000. The van der Waals surface area contributed by atoms with Crippen molar-refractivity contribution in [3.05, 3.63) is 22.8 Å². The van der Waals surface area contributed by atoms with Crippen LogP contribution in [-0.4, -0.2) is 5.33 Å². The second-order valence-electron chi connectivity index (χ2n) is 5.38. The van der Waals surface area contributed by atoms with Gasteiger partial charge in [0.1, 0.15) is 0 Å². The van der Waals surface area contributed by atoms with Crippen molar-refractivity contribution in [2.24, 2.45) is 5.41 Å². The lowest BCUT2D eigenvalue weighted by molar-refractivity contribution is 0.360. The van der Waals surface area contributed by atoms with E-state index < -0.39 is 0 Å². The molecule has 0 atom stereocenters. The van der Waals surface area contributed by atoms with Gasteiger partial charge in [-0.15, -0.1) is 0 Å². The second-order valence-corrected chi connectivity index (χ2v) is 5.95. The Morgan fingerprint density at radius 2 is 2.13 bits per heavy atom. The Bertz CT molecular complexity index is 282. The fraction of sp³-hybridized carbons (Fsp3) is 0.714. The molecule has 0 spiro atoms. The molecule has 0 fully saturated rings. The van der Waals surface area contributed by atoms with Crippen molar-refractivity contribution in [1.82, 2.24) is 0 Å². The summed E-state index contributed by atoms with van der Waals surface area (Å²) in [5.41, 5.74) is 5.17. The minimum atomic E-state index is 0.422. The topological polar surface area (TPSA) is 0 Å². The fourth-order valence-electron chi connectivity index (χ4n) is 2.46. The van der Waals surface area contributed by atoms with Crippen LogP contribution in [0.4, 0.5) is 0 Å². The first-order valence-electron chi connectivity index (χ1n) is 5.88. The van der Waals surface area contributed by atoms with E-state index in [0.29, 0.717) is 5.41 Å². The largest absolute Gasteiger partial charge is 0.0880 e. The Morgan fingerprint density at radius 1 is 1.47 bits per heavy atom. The van der Waals surface area contributed by atoms with Crippen LogP contribution in [-0.2, 0) is 0 Å². The Hall–Kier alpha value is -0.0400. The first kappa shape index (κ1) is 13.0. The molecule has 0 aromatic rings. The van der Waals surface area contributed by atoms with Crippen molar-refractivity contribution in [3.8, 4) is 0 Å². The van der Waals surface area contributed by atoms with Crippen LogP contribution in [0.2, 0.25) is 0 Å².